The normalized spacial score (nSPS) is 27.8. The molecule has 2 amide bonds. The SMILES string of the molecule is CCC1(CC)CC(=O)N(C[C@@H]2C[C@H]2C(=O)N[C@@H]2CC(C)(C)Oc3ccc(F)cc32)C(=N)N1. The number of hydrogen-bond acceptors (Lipinski definition) is 4. The predicted molar refractivity (Wildman–Crippen MR) is 119 cm³/mol. The summed E-state index contributed by atoms with van der Waals surface area (Å²) in [6.45, 7) is 8.32. The molecule has 8 heteroatoms. The van der Waals surface area contributed by atoms with Gasteiger partial charge in [0.2, 0.25) is 11.8 Å². The van der Waals surface area contributed by atoms with Gasteiger partial charge in [-0.05, 0) is 57.2 Å². The third-order valence-corrected chi connectivity index (χ3v) is 7.22. The highest BCUT2D eigenvalue weighted by molar-refractivity contribution is 5.99. The molecule has 3 aliphatic rings. The highest BCUT2D eigenvalue weighted by atomic mass is 19.1. The molecule has 1 saturated heterocycles. The van der Waals surface area contributed by atoms with Gasteiger partial charge < -0.3 is 15.4 Å². The van der Waals surface area contributed by atoms with Crippen LogP contribution in [0.4, 0.5) is 4.39 Å². The number of guanidine groups is 1. The number of carbonyl (C=O) groups is 2. The first kappa shape index (κ1) is 22.6. The van der Waals surface area contributed by atoms with Crippen LogP contribution in [0.15, 0.2) is 18.2 Å². The summed E-state index contributed by atoms with van der Waals surface area (Å²) in [5.74, 6) is 0.0350. The molecule has 2 aliphatic heterocycles. The fraction of sp³-hybridized carbons (Fsp3) is 0.625. The van der Waals surface area contributed by atoms with E-state index in [9.17, 15) is 14.0 Å². The lowest BCUT2D eigenvalue weighted by Crippen LogP contribution is -2.62. The van der Waals surface area contributed by atoms with Crippen molar-refractivity contribution in [1.29, 1.82) is 5.41 Å². The average molecular weight is 445 g/mol. The molecule has 7 nitrogen and oxygen atoms in total. The first-order valence-electron chi connectivity index (χ1n) is 11.5. The molecule has 0 bridgehead atoms. The molecular formula is C24H33FN4O3. The Morgan fingerprint density at radius 3 is 2.72 bits per heavy atom. The molecule has 0 radical (unpaired) electrons. The molecule has 1 aromatic carbocycles. The molecule has 174 valence electrons. The second kappa shape index (κ2) is 8.05. The maximum absolute atomic E-state index is 13.8. The Bertz CT molecular complexity index is 923. The minimum absolute atomic E-state index is 0.0247. The quantitative estimate of drug-likeness (QED) is 0.626. The van der Waals surface area contributed by atoms with Crippen LogP contribution in [-0.4, -0.2) is 40.4 Å². The Hall–Kier alpha value is -2.64. The van der Waals surface area contributed by atoms with E-state index < -0.39 is 5.60 Å². The number of ether oxygens (including phenoxy) is 1. The van der Waals surface area contributed by atoms with E-state index in [1.54, 1.807) is 6.07 Å². The van der Waals surface area contributed by atoms with Crippen LogP contribution in [0, 0.1) is 23.1 Å². The van der Waals surface area contributed by atoms with Crippen molar-refractivity contribution in [3.8, 4) is 5.75 Å². The lowest BCUT2D eigenvalue weighted by molar-refractivity contribution is -0.131. The van der Waals surface area contributed by atoms with E-state index in [-0.39, 0.29) is 47.0 Å². The molecule has 3 N–H and O–H groups in total. The van der Waals surface area contributed by atoms with Gasteiger partial charge in [-0.25, -0.2) is 4.39 Å². The summed E-state index contributed by atoms with van der Waals surface area (Å²) in [5.41, 5.74) is -0.163. The molecule has 0 spiro atoms. The van der Waals surface area contributed by atoms with Crippen LogP contribution in [-0.2, 0) is 9.59 Å². The number of fused-ring (bicyclic) bond motifs is 1. The summed E-state index contributed by atoms with van der Waals surface area (Å²) in [6, 6.07) is 4.06. The van der Waals surface area contributed by atoms with Gasteiger partial charge in [-0.15, -0.1) is 0 Å². The summed E-state index contributed by atoms with van der Waals surface area (Å²) >= 11 is 0. The van der Waals surface area contributed by atoms with Gasteiger partial charge in [-0.2, -0.15) is 0 Å². The zero-order valence-corrected chi connectivity index (χ0v) is 19.3. The summed E-state index contributed by atoms with van der Waals surface area (Å²) in [5, 5.41) is 14.6. The highest BCUT2D eigenvalue weighted by Gasteiger charge is 2.48. The molecule has 2 fully saturated rings. The Morgan fingerprint density at radius 1 is 1.34 bits per heavy atom. The molecule has 0 aromatic heterocycles. The van der Waals surface area contributed by atoms with Crippen molar-refractivity contribution in [2.24, 2.45) is 11.8 Å². The molecule has 3 atom stereocenters. The van der Waals surface area contributed by atoms with E-state index in [0.717, 1.165) is 12.8 Å². The van der Waals surface area contributed by atoms with Gasteiger partial charge in [-0.3, -0.25) is 19.9 Å². The van der Waals surface area contributed by atoms with E-state index >= 15 is 0 Å². The number of hydrogen-bond donors (Lipinski definition) is 3. The van der Waals surface area contributed by atoms with Crippen LogP contribution in [0.1, 0.15) is 71.4 Å². The van der Waals surface area contributed by atoms with Crippen molar-refractivity contribution >= 4 is 17.8 Å². The zero-order chi connectivity index (χ0) is 23.3. The molecule has 1 aromatic rings. The maximum atomic E-state index is 13.8. The van der Waals surface area contributed by atoms with Gasteiger partial charge in [0.25, 0.3) is 0 Å². The lowest BCUT2D eigenvalue weighted by atomic mass is 9.87. The first-order chi connectivity index (χ1) is 15.1. The molecule has 1 saturated carbocycles. The molecule has 2 heterocycles. The van der Waals surface area contributed by atoms with E-state index in [4.69, 9.17) is 10.1 Å². The van der Waals surface area contributed by atoms with E-state index in [1.165, 1.54) is 17.0 Å². The number of halogens is 1. The number of benzene rings is 1. The van der Waals surface area contributed by atoms with Crippen LogP contribution in [0.5, 0.6) is 5.75 Å². The molecule has 4 rings (SSSR count). The fourth-order valence-electron chi connectivity index (χ4n) is 4.98. The smallest absolute Gasteiger partial charge is 0.231 e. The number of rotatable bonds is 6. The topological polar surface area (TPSA) is 94.5 Å². The number of amides is 2. The largest absolute Gasteiger partial charge is 0.487 e. The monoisotopic (exact) mass is 444 g/mol. The van der Waals surface area contributed by atoms with E-state index in [2.05, 4.69) is 10.6 Å². The average Bonchev–Trinajstić information content (AvgIpc) is 3.50. The third-order valence-electron chi connectivity index (χ3n) is 7.22. The Morgan fingerprint density at radius 2 is 2.06 bits per heavy atom. The number of nitrogens with one attached hydrogen (secondary N) is 3. The maximum Gasteiger partial charge on any atom is 0.231 e. The van der Waals surface area contributed by atoms with Crippen molar-refractivity contribution in [1.82, 2.24) is 15.5 Å². The van der Waals surface area contributed by atoms with Gasteiger partial charge in [0.1, 0.15) is 17.2 Å². The minimum atomic E-state index is -0.474. The van der Waals surface area contributed by atoms with Crippen molar-refractivity contribution < 1.29 is 18.7 Å². The Kier molecular flexibility index (Phi) is 5.67. The van der Waals surface area contributed by atoms with Crippen LogP contribution in [0.2, 0.25) is 0 Å². The van der Waals surface area contributed by atoms with Gasteiger partial charge in [-0.1, -0.05) is 13.8 Å². The molecule has 32 heavy (non-hydrogen) atoms. The van der Waals surface area contributed by atoms with Gasteiger partial charge in [0.05, 0.1) is 12.5 Å². The number of nitrogens with zero attached hydrogens (tertiary/aromatic N) is 1. The van der Waals surface area contributed by atoms with Crippen molar-refractivity contribution in [2.45, 2.75) is 77.0 Å². The Balaban J connectivity index is 1.38. The minimum Gasteiger partial charge on any atom is -0.487 e. The second-order valence-corrected chi connectivity index (χ2v) is 10.1. The summed E-state index contributed by atoms with van der Waals surface area (Å²) in [4.78, 5) is 27.2. The Labute approximate surface area is 188 Å². The first-order valence-corrected chi connectivity index (χ1v) is 11.5. The van der Waals surface area contributed by atoms with Crippen LogP contribution in [0.25, 0.3) is 0 Å². The third kappa shape index (κ3) is 4.32. The second-order valence-electron chi connectivity index (χ2n) is 10.1. The summed E-state index contributed by atoms with van der Waals surface area (Å²) in [6.07, 6.45) is 3.15. The molecule has 0 unspecified atom stereocenters. The van der Waals surface area contributed by atoms with Crippen LogP contribution >= 0.6 is 0 Å². The molecular weight excluding hydrogens is 411 g/mol. The van der Waals surface area contributed by atoms with Crippen molar-refractivity contribution in [3.63, 3.8) is 0 Å². The van der Waals surface area contributed by atoms with Crippen molar-refractivity contribution in [2.75, 3.05) is 6.54 Å². The lowest BCUT2D eigenvalue weighted by Gasteiger charge is -2.42. The van der Waals surface area contributed by atoms with E-state index in [0.29, 0.717) is 37.1 Å². The standard InChI is InChI=1S/C24H33FN4O3/c1-5-24(6-2)12-20(30)29(22(26)28-24)13-14-9-16(14)21(31)27-18-11-23(3,4)32-19-8-7-15(25)10-17(18)19/h7-8,10,14,16,18H,5-6,9,11-13H2,1-4H3,(H2,26,28)(H,27,31)/t14-,16+,18+/m0/s1. The number of carbonyl (C=O) groups excluding carboxylic acids is 2. The van der Waals surface area contributed by atoms with Gasteiger partial charge in [0.15, 0.2) is 5.96 Å². The fourth-order valence-corrected chi connectivity index (χ4v) is 4.98. The van der Waals surface area contributed by atoms with Crippen molar-refractivity contribution in [3.05, 3.63) is 29.6 Å². The summed E-state index contributed by atoms with van der Waals surface area (Å²) in [7, 11) is 0. The van der Waals surface area contributed by atoms with E-state index in [1.807, 2.05) is 27.7 Å². The predicted octanol–water partition coefficient (Wildman–Crippen LogP) is 3.50. The zero-order valence-electron chi connectivity index (χ0n) is 19.3. The molecule has 1 aliphatic carbocycles. The van der Waals surface area contributed by atoms with Gasteiger partial charge in [0, 0.05) is 30.0 Å². The summed E-state index contributed by atoms with van der Waals surface area (Å²) < 4.78 is 19.8. The van der Waals surface area contributed by atoms with Crippen LogP contribution < -0.4 is 15.4 Å². The van der Waals surface area contributed by atoms with Crippen LogP contribution in [0.3, 0.4) is 0 Å². The van der Waals surface area contributed by atoms with Gasteiger partial charge >= 0.3 is 0 Å². The highest BCUT2D eigenvalue weighted by Crippen LogP contribution is 2.43.